The second kappa shape index (κ2) is 9.64. The van der Waals surface area contributed by atoms with E-state index in [-0.39, 0.29) is 23.3 Å². The van der Waals surface area contributed by atoms with Crippen molar-refractivity contribution >= 4 is 27.5 Å². The predicted octanol–water partition coefficient (Wildman–Crippen LogP) is 2.30. The molecule has 3 rings (SSSR count). The molecule has 2 heterocycles. The van der Waals surface area contributed by atoms with Crippen LogP contribution in [0.2, 0.25) is 5.02 Å². The number of halogens is 1. The highest BCUT2D eigenvalue weighted by molar-refractivity contribution is 7.89. The summed E-state index contributed by atoms with van der Waals surface area (Å²) >= 11 is 6.06. The van der Waals surface area contributed by atoms with Gasteiger partial charge in [-0.2, -0.15) is 4.31 Å². The Labute approximate surface area is 178 Å². The van der Waals surface area contributed by atoms with Crippen LogP contribution in [0.15, 0.2) is 23.1 Å². The van der Waals surface area contributed by atoms with Crippen LogP contribution < -0.4 is 4.74 Å². The van der Waals surface area contributed by atoms with Crippen LogP contribution in [0.4, 0.5) is 0 Å². The number of carbonyl (C=O) groups excluding carboxylic acids is 1. The van der Waals surface area contributed by atoms with Gasteiger partial charge in [0, 0.05) is 44.3 Å². The van der Waals surface area contributed by atoms with Gasteiger partial charge in [-0.1, -0.05) is 18.5 Å². The molecule has 2 aliphatic heterocycles. The smallest absolute Gasteiger partial charge is 0.246 e. The van der Waals surface area contributed by atoms with Crippen LogP contribution in [0.3, 0.4) is 0 Å². The van der Waals surface area contributed by atoms with Gasteiger partial charge in [-0.05, 0) is 44.5 Å². The van der Waals surface area contributed by atoms with Crippen molar-refractivity contribution in [1.82, 2.24) is 14.1 Å². The Bertz CT molecular complexity index is 825. The zero-order chi connectivity index (χ0) is 21.0. The highest BCUT2D eigenvalue weighted by Gasteiger charge is 2.37. The lowest BCUT2D eigenvalue weighted by atomic mass is 9.98. The first-order valence-electron chi connectivity index (χ1n) is 10.3. The van der Waals surface area contributed by atoms with Crippen molar-refractivity contribution < 1.29 is 17.9 Å². The van der Waals surface area contributed by atoms with Crippen LogP contribution in [0.1, 0.15) is 26.7 Å². The van der Waals surface area contributed by atoms with Gasteiger partial charge < -0.3 is 14.5 Å². The SMILES string of the molecule is CCOc1ccc(Cl)cc1S(=O)(=O)N1CCCC(C(=O)N2CCN(CC)CC2)C1. The third-order valence-corrected chi connectivity index (χ3v) is 7.81. The summed E-state index contributed by atoms with van der Waals surface area (Å²) in [6, 6.07) is 4.62. The topological polar surface area (TPSA) is 70.2 Å². The molecule has 1 atom stereocenters. The van der Waals surface area contributed by atoms with E-state index in [1.165, 1.54) is 10.4 Å². The first kappa shape index (κ1) is 22.3. The van der Waals surface area contributed by atoms with Gasteiger partial charge in [0.25, 0.3) is 0 Å². The van der Waals surface area contributed by atoms with Crippen LogP contribution >= 0.6 is 11.6 Å². The number of ether oxygens (including phenoxy) is 1. The molecule has 1 unspecified atom stereocenters. The molecule has 1 amide bonds. The summed E-state index contributed by atoms with van der Waals surface area (Å²) in [6.07, 6.45) is 1.38. The molecule has 0 saturated carbocycles. The van der Waals surface area contributed by atoms with Crippen molar-refractivity contribution in [2.24, 2.45) is 5.92 Å². The number of hydrogen-bond acceptors (Lipinski definition) is 5. The van der Waals surface area contributed by atoms with Crippen LogP contribution in [0, 0.1) is 5.92 Å². The van der Waals surface area contributed by atoms with Gasteiger partial charge in [0.15, 0.2) is 0 Å². The lowest BCUT2D eigenvalue weighted by Crippen LogP contribution is -2.52. The molecule has 0 aromatic heterocycles. The summed E-state index contributed by atoms with van der Waals surface area (Å²) in [7, 11) is -3.80. The second-order valence-electron chi connectivity index (χ2n) is 7.49. The normalized spacial score (nSPS) is 21.9. The summed E-state index contributed by atoms with van der Waals surface area (Å²) in [6.45, 7) is 9.02. The molecule has 29 heavy (non-hydrogen) atoms. The maximum Gasteiger partial charge on any atom is 0.246 e. The van der Waals surface area contributed by atoms with Crippen molar-refractivity contribution in [3.8, 4) is 5.75 Å². The fourth-order valence-electron chi connectivity index (χ4n) is 4.00. The Morgan fingerprint density at radius 2 is 1.90 bits per heavy atom. The van der Waals surface area contributed by atoms with E-state index in [4.69, 9.17) is 16.3 Å². The molecule has 2 aliphatic rings. The molecule has 0 spiro atoms. The second-order valence-corrected chi connectivity index (χ2v) is 9.83. The van der Waals surface area contributed by atoms with E-state index >= 15 is 0 Å². The lowest BCUT2D eigenvalue weighted by molar-refractivity contribution is -0.138. The first-order valence-corrected chi connectivity index (χ1v) is 12.1. The van der Waals surface area contributed by atoms with Crippen LogP contribution in [0.5, 0.6) is 5.75 Å². The van der Waals surface area contributed by atoms with Crippen molar-refractivity contribution in [3.63, 3.8) is 0 Å². The van der Waals surface area contributed by atoms with Crippen molar-refractivity contribution in [1.29, 1.82) is 0 Å². The first-order chi connectivity index (χ1) is 13.9. The monoisotopic (exact) mass is 443 g/mol. The van der Waals surface area contributed by atoms with Gasteiger partial charge in [0.2, 0.25) is 15.9 Å². The third kappa shape index (κ3) is 5.05. The molecule has 0 N–H and O–H groups in total. The van der Waals surface area contributed by atoms with E-state index in [1.807, 2.05) is 4.90 Å². The summed E-state index contributed by atoms with van der Waals surface area (Å²) in [5.41, 5.74) is 0. The van der Waals surface area contributed by atoms with Crippen molar-refractivity contribution in [2.75, 3.05) is 52.4 Å². The standard InChI is InChI=1S/C20H30ClN3O4S/c1-3-22-10-12-23(13-11-22)20(25)16-6-5-9-24(15-16)29(26,27)19-14-17(21)7-8-18(19)28-4-2/h7-8,14,16H,3-6,9-13,15H2,1-2H3. The van der Waals surface area contributed by atoms with Crippen LogP contribution in [0.25, 0.3) is 0 Å². The van der Waals surface area contributed by atoms with Crippen LogP contribution in [-0.2, 0) is 14.8 Å². The van der Waals surface area contributed by atoms with Crippen molar-refractivity contribution in [2.45, 2.75) is 31.6 Å². The number of likely N-dealkylation sites (N-methyl/N-ethyl adjacent to an activating group) is 1. The van der Waals surface area contributed by atoms with Gasteiger partial charge >= 0.3 is 0 Å². The predicted molar refractivity (Wildman–Crippen MR) is 113 cm³/mol. The molecule has 2 saturated heterocycles. The van der Waals surface area contributed by atoms with Crippen LogP contribution in [-0.4, -0.2) is 80.9 Å². The van der Waals surface area contributed by atoms with E-state index in [2.05, 4.69) is 11.8 Å². The fourth-order valence-corrected chi connectivity index (χ4v) is 5.92. The molecule has 0 bridgehead atoms. The Kier molecular flexibility index (Phi) is 7.42. The van der Waals surface area contributed by atoms with Gasteiger partial charge in [0.05, 0.1) is 12.5 Å². The Balaban J connectivity index is 1.75. The van der Waals surface area contributed by atoms with E-state index in [9.17, 15) is 13.2 Å². The number of sulfonamides is 1. The molecule has 1 aromatic rings. The van der Waals surface area contributed by atoms with Gasteiger partial charge in [0.1, 0.15) is 10.6 Å². The Hall–Kier alpha value is -1.35. The molecular formula is C20H30ClN3O4S. The zero-order valence-electron chi connectivity index (χ0n) is 17.1. The van der Waals surface area contributed by atoms with E-state index in [1.54, 1.807) is 19.1 Å². The number of amides is 1. The van der Waals surface area contributed by atoms with Gasteiger partial charge in [-0.15, -0.1) is 0 Å². The lowest BCUT2D eigenvalue weighted by Gasteiger charge is -2.38. The number of benzene rings is 1. The van der Waals surface area contributed by atoms with E-state index in [0.717, 1.165) is 19.6 Å². The maximum absolute atomic E-state index is 13.3. The summed E-state index contributed by atoms with van der Waals surface area (Å²) in [5.74, 6) is 0.0549. The highest BCUT2D eigenvalue weighted by Crippen LogP contribution is 2.32. The van der Waals surface area contributed by atoms with Crippen molar-refractivity contribution in [3.05, 3.63) is 23.2 Å². The minimum absolute atomic E-state index is 0.0662. The Morgan fingerprint density at radius 3 is 2.55 bits per heavy atom. The number of carbonyl (C=O) groups is 1. The minimum atomic E-state index is -3.80. The van der Waals surface area contributed by atoms with Gasteiger partial charge in [-0.3, -0.25) is 4.79 Å². The molecule has 9 heteroatoms. The Morgan fingerprint density at radius 1 is 1.17 bits per heavy atom. The van der Waals surface area contributed by atoms with E-state index in [0.29, 0.717) is 49.9 Å². The molecule has 2 fully saturated rings. The largest absolute Gasteiger partial charge is 0.492 e. The number of piperidine rings is 1. The highest BCUT2D eigenvalue weighted by atomic mass is 35.5. The molecule has 0 radical (unpaired) electrons. The molecular weight excluding hydrogens is 414 g/mol. The number of piperazine rings is 1. The quantitative estimate of drug-likeness (QED) is 0.674. The van der Waals surface area contributed by atoms with Gasteiger partial charge in [-0.25, -0.2) is 8.42 Å². The maximum atomic E-state index is 13.3. The zero-order valence-corrected chi connectivity index (χ0v) is 18.7. The molecule has 0 aliphatic carbocycles. The third-order valence-electron chi connectivity index (χ3n) is 5.69. The molecule has 7 nitrogen and oxygen atoms in total. The molecule has 1 aromatic carbocycles. The van der Waals surface area contributed by atoms with E-state index < -0.39 is 10.0 Å². The number of nitrogens with zero attached hydrogens (tertiary/aromatic N) is 3. The summed E-state index contributed by atoms with van der Waals surface area (Å²) in [4.78, 5) is 17.3. The number of rotatable bonds is 6. The molecule has 162 valence electrons. The minimum Gasteiger partial charge on any atom is -0.492 e. The summed E-state index contributed by atoms with van der Waals surface area (Å²) in [5, 5.41) is 0.338. The number of hydrogen-bond donors (Lipinski definition) is 0. The fraction of sp³-hybridized carbons (Fsp3) is 0.650. The average Bonchev–Trinajstić information content (AvgIpc) is 2.74. The average molecular weight is 444 g/mol. The summed E-state index contributed by atoms with van der Waals surface area (Å²) < 4.78 is 33.6.